The predicted octanol–water partition coefficient (Wildman–Crippen LogP) is 3.86. The minimum Gasteiger partial charge on any atom is -0.497 e. The van der Waals surface area contributed by atoms with E-state index in [4.69, 9.17) is 9.72 Å². The van der Waals surface area contributed by atoms with Crippen molar-refractivity contribution < 1.29 is 9.53 Å². The Labute approximate surface area is 171 Å². The Kier molecular flexibility index (Phi) is 5.54. The van der Waals surface area contributed by atoms with Gasteiger partial charge in [0.25, 0.3) is 5.56 Å². The van der Waals surface area contributed by atoms with Gasteiger partial charge < -0.3 is 4.74 Å². The van der Waals surface area contributed by atoms with Crippen molar-refractivity contribution in [1.82, 2.24) is 9.55 Å². The molecule has 142 valence electrons. The standard InChI is InChI=1S/C21H18N2O3S2/c1-26-16-9-5-8-15(12-16)23-20(25)19-17(10-11-27-19)22-21(23)28-13-18(24)14-6-3-2-4-7-14/h2-9,12H,10-11,13H2,1H3. The fraction of sp³-hybridized carbons (Fsp3) is 0.190. The lowest BCUT2D eigenvalue weighted by molar-refractivity contribution is 0.102. The third-order valence-electron chi connectivity index (χ3n) is 4.41. The molecule has 0 bridgehead atoms. The first kappa shape index (κ1) is 18.8. The fourth-order valence-electron chi connectivity index (χ4n) is 3.00. The molecule has 1 aromatic heterocycles. The number of aryl methyl sites for hydroxylation is 1. The van der Waals surface area contributed by atoms with E-state index in [-0.39, 0.29) is 17.1 Å². The third-order valence-corrected chi connectivity index (χ3v) is 6.45. The number of benzene rings is 2. The molecule has 7 heteroatoms. The molecule has 3 aromatic rings. The molecule has 0 saturated heterocycles. The number of thioether (sulfide) groups is 2. The second kappa shape index (κ2) is 8.24. The lowest BCUT2D eigenvalue weighted by Crippen LogP contribution is -2.24. The molecule has 0 amide bonds. The van der Waals surface area contributed by atoms with E-state index in [0.717, 1.165) is 17.9 Å². The van der Waals surface area contributed by atoms with Crippen LogP contribution in [0, 0.1) is 0 Å². The molecule has 0 radical (unpaired) electrons. The zero-order valence-corrected chi connectivity index (χ0v) is 16.9. The second-order valence-electron chi connectivity index (χ2n) is 6.19. The van der Waals surface area contributed by atoms with E-state index < -0.39 is 0 Å². The van der Waals surface area contributed by atoms with E-state index in [1.54, 1.807) is 29.9 Å². The number of aromatic nitrogens is 2. The lowest BCUT2D eigenvalue weighted by Gasteiger charge is -2.14. The molecular formula is C21H18N2O3S2. The largest absolute Gasteiger partial charge is 0.497 e. The molecule has 2 heterocycles. The van der Waals surface area contributed by atoms with Crippen LogP contribution in [-0.2, 0) is 6.42 Å². The SMILES string of the molecule is COc1cccc(-n2c(SCC(=O)c3ccccc3)nc3c(c2=O)SCC3)c1. The lowest BCUT2D eigenvalue weighted by atomic mass is 10.2. The quantitative estimate of drug-likeness (QED) is 0.349. The van der Waals surface area contributed by atoms with Crippen LogP contribution in [0.1, 0.15) is 16.1 Å². The van der Waals surface area contributed by atoms with Crippen LogP contribution in [-0.4, -0.2) is 33.9 Å². The highest BCUT2D eigenvalue weighted by molar-refractivity contribution is 8.00. The average molecular weight is 411 g/mol. The van der Waals surface area contributed by atoms with Crippen molar-refractivity contribution in [2.75, 3.05) is 18.6 Å². The van der Waals surface area contributed by atoms with Gasteiger partial charge >= 0.3 is 0 Å². The van der Waals surface area contributed by atoms with Crippen LogP contribution in [0.15, 0.2) is 69.4 Å². The van der Waals surface area contributed by atoms with E-state index in [0.29, 0.717) is 27.1 Å². The van der Waals surface area contributed by atoms with Crippen molar-refractivity contribution in [3.63, 3.8) is 0 Å². The van der Waals surface area contributed by atoms with Crippen molar-refractivity contribution in [2.24, 2.45) is 0 Å². The molecule has 0 atom stereocenters. The van der Waals surface area contributed by atoms with Crippen molar-refractivity contribution >= 4 is 29.3 Å². The summed E-state index contributed by atoms with van der Waals surface area (Å²) in [6.07, 6.45) is 0.772. The number of carbonyl (C=O) groups is 1. The van der Waals surface area contributed by atoms with Gasteiger partial charge in [-0.1, -0.05) is 48.2 Å². The molecular weight excluding hydrogens is 392 g/mol. The number of Topliss-reactive ketones (excluding diaryl/α,β-unsaturated/α-hetero) is 1. The smallest absolute Gasteiger partial charge is 0.272 e. The highest BCUT2D eigenvalue weighted by Gasteiger charge is 2.23. The van der Waals surface area contributed by atoms with Gasteiger partial charge in [-0.15, -0.1) is 11.8 Å². The number of methoxy groups -OCH3 is 1. The molecule has 0 spiro atoms. The van der Waals surface area contributed by atoms with E-state index in [1.165, 1.54) is 23.5 Å². The van der Waals surface area contributed by atoms with Crippen LogP contribution in [0.25, 0.3) is 5.69 Å². The van der Waals surface area contributed by atoms with Crippen molar-refractivity contribution in [2.45, 2.75) is 16.5 Å². The molecule has 28 heavy (non-hydrogen) atoms. The van der Waals surface area contributed by atoms with Crippen LogP contribution in [0.5, 0.6) is 5.75 Å². The van der Waals surface area contributed by atoms with Gasteiger partial charge in [0.2, 0.25) is 0 Å². The van der Waals surface area contributed by atoms with Gasteiger partial charge in [-0.2, -0.15) is 0 Å². The zero-order chi connectivity index (χ0) is 19.5. The minimum absolute atomic E-state index is 0.00640. The molecule has 0 unspecified atom stereocenters. The van der Waals surface area contributed by atoms with Crippen LogP contribution in [0.3, 0.4) is 0 Å². The number of nitrogens with zero attached hydrogens (tertiary/aromatic N) is 2. The topological polar surface area (TPSA) is 61.2 Å². The Balaban J connectivity index is 1.72. The predicted molar refractivity (Wildman–Crippen MR) is 112 cm³/mol. The summed E-state index contributed by atoms with van der Waals surface area (Å²) in [5, 5.41) is 0.531. The molecule has 2 aromatic carbocycles. The Morgan fingerprint density at radius 1 is 1.21 bits per heavy atom. The Hall–Kier alpha value is -2.51. The number of hydrogen-bond donors (Lipinski definition) is 0. The van der Waals surface area contributed by atoms with Gasteiger partial charge in [0, 0.05) is 23.8 Å². The van der Waals surface area contributed by atoms with Crippen LogP contribution in [0.2, 0.25) is 0 Å². The van der Waals surface area contributed by atoms with E-state index >= 15 is 0 Å². The molecule has 1 aliphatic heterocycles. The third kappa shape index (κ3) is 3.72. The van der Waals surface area contributed by atoms with Gasteiger partial charge in [-0.05, 0) is 12.1 Å². The summed E-state index contributed by atoms with van der Waals surface area (Å²) < 4.78 is 6.89. The fourth-order valence-corrected chi connectivity index (χ4v) is 4.95. The summed E-state index contributed by atoms with van der Waals surface area (Å²) >= 11 is 2.83. The maximum Gasteiger partial charge on any atom is 0.272 e. The molecule has 0 N–H and O–H groups in total. The van der Waals surface area contributed by atoms with Crippen molar-refractivity contribution in [1.29, 1.82) is 0 Å². The molecule has 0 saturated carbocycles. The van der Waals surface area contributed by atoms with Crippen LogP contribution >= 0.6 is 23.5 Å². The van der Waals surface area contributed by atoms with Gasteiger partial charge in [0.1, 0.15) is 5.75 Å². The first-order chi connectivity index (χ1) is 13.7. The molecule has 4 rings (SSSR count). The Bertz CT molecular complexity index is 1080. The number of hydrogen-bond acceptors (Lipinski definition) is 6. The monoisotopic (exact) mass is 410 g/mol. The maximum absolute atomic E-state index is 13.2. The summed E-state index contributed by atoms with van der Waals surface area (Å²) in [6.45, 7) is 0. The molecule has 1 aliphatic rings. The van der Waals surface area contributed by atoms with Gasteiger partial charge in [0.15, 0.2) is 10.9 Å². The van der Waals surface area contributed by atoms with Gasteiger partial charge in [-0.25, -0.2) is 4.98 Å². The van der Waals surface area contributed by atoms with Crippen LogP contribution in [0.4, 0.5) is 0 Å². The summed E-state index contributed by atoms with van der Waals surface area (Å²) in [5.74, 6) is 1.74. The summed E-state index contributed by atoms with van der Waals surface area (Å²) in [6, 6.07) is 16.5. The van der Waals surface area contributed by atoms with Gasteiger partial charge in [-0.3, -0.25) is 14.2 Å². The normalized spacial score (nSPS) is 12.6. The Morgan fingerprint density at radius 3 is 2.82 bits per heavy atom. The van der Waals surface area contributed by atoms with Crippen LogP contribution < -0.4 is 10.3 Å². The second-order valence-corrected chi connectivity index (χ2v) is 8.24. The highest BCUT2D eigenvalue weighted by Crippen LogP contribution is 2.30. The number of rotatable bonds is 6. The number of carbonyl (C=O) groups excluding carboxylic acids is 1. The summed E-state index contributed by atoms with van der Waals surface area (Å²) in [7, 11) is 1.59. The average Bonchev–Trinajstić information content (AvgIpc) is 3.21. The zero-order valence-electron chi connectivity index (χ0n) is 15.3. The van der Waals surface area contributed by atoms with Crippen molar-refractivity contribution in [3.8, 4) is 11.4 Å². The summed E-state index contributed by atoms with van der Waals surface area (Å²) in [5.41, 5.74) is 2.07. The minimum atomic E-state index is -0.0876. The number of fused-ring (bicyclic) bond motifs is 1. The molecule has 0 fully saturated rings. The van der Waals surface area contributed by atoms with Gasteiger partial charge in [0.05, 0.1) is 29.1 Å². The number of ether oxygens (including phenoxy) is 1. The van der Waals surface area contributed by atoms with Crippen molar-refractivity contribution in [3.05, 3.63) is 76.2 Å². The Morgan fingerprint density at radius 2 is 2.04 bits per heavy atom. The first-order valence-electron chi connectivity index (χ1n) is 8.81. The van der Waals surface area contributed by atoms with E-state index in [1.807, 2.05) is 36.4 Å². The van der Waals surface area contributed by atoms with E-state index in [9.17, 15) is 9.59 Å². The highest BCUT2D eigenvalue weighted by atomic mass is 32.2. The first-order valence-corrected chi connectivity index (χ1v) is 10.8. The molecule has 5 nitrogen and oxygen atoms in total. The summed E-state index contributed by atoms with van der Waals surface area (Å²) in [4.78, 5) is 31.1. The number of ketones is 1. The van der Waals surface area contributed by atoms with E-state index in [2.05, 4.69) is 0 Å². The maximum atomic E-state index is 13.2. The molecule has 0 aliphatic carbocycles.